The van der Waals surface area contributed by atoms with Crippen molar-refractivity contribution in [2.24, 2.45) is 7.05 Å². The summed E-state index contributed by atoms with van der Waals surface area (Å²) in [4.78, 5) is 12.1. The molecule has 0 saturated heterocycles. The number of carbonyl (C=O) groups is 1. The molecule has 0 radical (unpaired) electrons. The fraction of sp³-hybridized carbons (Fsp3) is 0.438. The van der Waals surface area contributed by atoms with Crippen molar-refractivity contribution in [3.63, 3.8) is 0 Å². The zero-order chi connectivity index (χ0) is 16.3. The van der Waals surface area contributed by atoms with Crippen LogP contribution in [0, 0.1) is 13.8 Å². The number of aromatic nitrogens is 4. The highest BCUT2D eigenvalue weighted by molar-refractivity contribution is 5.92. The normalized spacial score (nSPS) is 12.8. The van der Waals surface area contributed by atoms with Crippen molar-refractivity contribution in [1.82, 2.24) is 24.9 Å². The van der Waals surface area contributed by atoms with Crippen LogP contribution in [0.15, 0.2) is 18.5 Å². The molecule has 22 heavy (non-hydrogen) atoms. The molecule has 0 aromatic carbocycles. The van der Waals surface area contributed by atoms with E-state index in [9.17, 15) is 4.79 Å². The van der Waals surface area contributed by atoms with E-state index in [-0.39, 0.29) is 11.9 Å². The molecule has 1 amide bonds. The number of rotatable bonds is 5. The van der Waals surface area contributed by atoms with E-state index in [4.69, 9.17) is 0 Å². The predicted octanol–water partition coefficient (Wildman–Crippen LogP) is 2.14. The number of carbonyl (C=O) groups excluding carboxylic acids is 1. The fourth-order valence-corrected chi connectivity index (χ4v) is 2.49. The van der Waals surface area contributed by atoms with Gasteiger partial charge in [0.05, 0.1) is 17.9 Å². The lowest BCUT2D eigenvalue weighted by Crippen LogP contribution is -2.24. The highest BCUT2D eigenvalue weighted by Gasteiger charge is 2.13. The smallest absolute Gasteiger partial charge is 0.244 e. The van der Waals surface area contributed by atoms with E-state index < -0.39 is 0 Å². The summed E-state index contributed by atoms with van der Waals surface area (Å²) >= 11 is 0. The summed E-state index contributed by atoms with van der Waals surface area (Å²) in [5.41, 5.74) is 3.98. The van der Waals surface area contributed by atoms with E-state index in [2.05, 4.69) is 15.5 Å². The van der Waals surface area contributed by atoms with Crippen LogP contribution in [0.1, 0.15) is 42.4 Å². The summed E-state index contributed by atoms with van der Waals surface area (Å²) in [5.74, 6) is -0.126. The van der Waals surface area contributed by atoms with Crippen molar-refractivity contribution in [3.8, 4) is 0 Å². The minimum atomic E-state index is -0.126. The number of hydrogen-bond acceptors (Lipinski definition) is 3. The van der Waals surface area contributed by atoms with Gasteiger partial charge in [0, 0.05) is 42.7 Å². The van der Waals surface area contributed by atoms with Crippen LogP contribution in [0.5, 0.6) is 0 Å². The Morgan fingerprint density at radius 3 is 2.73 bits per heavy atom. The third kappa shape index (κ3) is 3.44. The van der Waals surface area contributed by atoms with E-state index in [1.165, 1.54) is 0 Å². The average molecular weight is 301 g/mol. The van der Waals surface area contributed by atoms with Gasteiger partial charge in [-0.2, -0.15) is 10.2 Å². The first-order chi connectivity index (χ1) is 10.4. The molecule has 2 heterocycles. The minimum Gasteiger partial charge on any atom is -0.346 e. The third-order valence-electron chi connectivity index (χ3n) is 3.73. The molecule has 0 fully saturated rings. The van der Waals surface area contributed by atoms with Gasteiger partial charge in [0.15, 0.2) is 0 Å². The van der Waals surface area contributed by atoms with Crippen molar-refractivity contribution < 1.29 is 4.79 Å². The number of amides is 1. The van der Waals surface area contributed by atoms with Crippen LogP contribution in [0.2, 0.25) is 0 Å². The summed E-state index contributed by atoms with van der Waals surface area (Å²) in [6.45, 7) is 8.75. The first-order valence-electron chi connectivity index (χ1n) is 7.43. The van der Waals surface area contributed by atoms with Gasteiger partial charge in [-0.25, -0.2) is 0 Å². The first kappa shape index (κ1) is 16.0. The van der Waals surface area contributed by atoms with Gasteiger partial charge in [0.2, 0.25) is 5.91 Å². The molecule has 1 unspecified atom stereocenters. The molecule has 2 rings (SSSR count). The van der Waals surface area contributed by atoms with Crippen LogP contribution in [0.25, 0.3) is 6.08 Å². The number of aryl methyl sites for hydroxylation is 3. The topological polar surface area (TPSA) is 64.7 Å². The molecule has 2 aromatic rings. The van der Waals surface area contributed by atoms with Crippen molar-refractivity contribution >= 4 is 12.0 Å². The van der Waals surface area contributed by atoms with Gasteiger partial charge in [0.1, 0.15) is 0 Å². The predicted molar refractivity (Wildman–Crippen MR) is 86.2 cm³/mol. The summed E-state index contributed by atoms with van der Waals surface area (Å²) in [5, 5.41) is 11.5. The molecular formula is C16H23N5O. The monoisotopic (exact) mass is 301 g/mol. The first-order valence-corrected chi connectivity index (χ1v) is 7.43. The summed E-state index contributed by atoms with van der Waals surface area (Å²) in [6, 6.07) is -0.0784. The van der Waals surface area contributed by atoms with Crippen molar-refractivity contribution in [2.45, 2.75) is 40.3 Å². The van der Waals surface area contributed by atoms with E-state index in [1.54, 1.807) is 23.0 Å². The molecule has 1 atom stereocenters. The van der Waals surface area contributed by atoms with Gasteiger partial charge in [-0.3, -0.25) is 14.2 Å². The molecule has 1 N–H and O–H groups in total. The van der Waals surface area contributed by atoms with E-state index in [0.717, 1.165) is 29.1 Å². The zero-order valence-electron chi connectivity index (χ0n) is 13.8. The maximum atomic E-state index is 12.1. The van der Waals surface area contributed by atoms with Gasteiger partial charge in [-0.15, -0.1) is 0 Å². The quantitative estimate of drug-likeness (QED) is 0.861. The van der Waals surface area contributed by atoms with E-state index in [0.29, 0.717) is 0 Å². The SMILES string of the molecule is CCn1ncc(/C=C/C(=O)NC(C)c2cn(C)nc2C)c1C. The zero-order valence-corrected chi connectivity index (χ0v) is 13.8. The molecule has 0 aliphatic heterocycles. The van der Waals surface area contributed by atoms with Crippen molar-refractivity contribution in [3.05, 3.63) is 41.0 Å². The molecule has 2 aromatic heterocycles. The Balaban J connectivity index is 2.01. The lowest BCUT2D eigenvalue weighted by Gasteiger charge is -2.11. The van der Waals surface area contributed by atoms with Crippen LogP contribution in [0.4, 0.5) is 0 Å². The molecule has 118 valence electrons. The number of hydrogen-bond donors (Lipinski definition) is 1. The Morgan fingerprint density at radius 1 is 1.45 bits per heavy atom. The molecule has 0 saturated carbocycles. The lowest BCUT2D eigenvalue weighted by molar-refractivity contribution is -0.117. The Kier molecular flexibility index (Phi) is 4.80. The van der Waals surface area contributed by atoms with Crippen molar-refractivity contribution in [1.29, 1.82) is 0 Å². The molecule has 0 spiro atoms. The van der Waals surface area contributed by atoms with Gasteiger partial charge in [-0.05, 0) is 33.8 Å². The lowest BCUT2D eigenvalue weighted by atomic mass is 10.1. The van der Waals surface area contributed by atoms with Crippen LogP contribution < -0.4 is 5.32 Å². The molecule has 6 heteroatoms. The van der Waals surface area contributed by atoms with Gasteiger partial charge < -0.3 is 5.32 Å². The Labute approximate surface area is 130 Å². The van der Waals surface area contributed by atoms with Crippen LogP contribution in [0.3, 0.4) is 0 Å². The van der Waals surface area contributed by atoms with Gasteiger partial charge in [-0.1, -0.05) is 0 Å². The third-order valence-corrected chi connectivity index (χ3v) is 3.73. The average Bonchev–Trinajstić information content (AvgIpc) is 2.98. The second kappa shape index (κ2) is 6.60. The summed E-state index contributed by atoms with van der Waals surface area (Å²) in [7, 11) is 1.87. The largest absolute Gasteiger partial charge is 0.346 e. The number of nitrogens with one attached hydrogen (secondary N) is 1. The number of nitrogens with zero attached hydrogens (tertiary/aromatic N) is 4. The maximum Gasteiger partial charge on any atom is 0.244 e. The molecule has 0 aliphatic carbocycles. The Morgan fingerprint density at radius 2 is 2.18 bits per heavy atom. The second-order valence-electron chi connectivity index (χ2n) is 5.41. The highest BCUT2D eigenvalue weighted by atomic mass is 16.1. The second-order valence-corrected chi connectivity index (χ2v) is 5.41. The van der Waals surface area contributed by atoms with Crippen LogP contribution in [-0.2, 0) is 18.4 Å². The van der Waals surface area contributed by atoms with Crippen molar-refractivity contribution in [2.75, 3.05) is 0 Å². The Bertz CT molecular complexity index is 695. The standard InChI is InChI=1S/C16H23N5O/c1-6-21-13(4)14(9-17-21)7-8-16(22)18-11(2)15-10-20(5)19-12(15)3/h7-11H,6H2,1-5H3,(H,18,22)/b8-7+. The van der Waals surface area contributed by atoms with E-state index in [1.807, 2.05) is 45.6 Å². The molecule has 6 nitrogen and oxygen atoms in total. The fourth-order valence-electron chi connectivity index (χ4n) is 2.49. The maximum absolute atomic E-state index is 12.1. The summed E-state index contributed by atoms with van der Waals surface area (Å²) in [6.07, 6.45) is 7.05. The van der Waals surface area contributed by atoms with E-state index >= 15 is 0 Å². The van der Waals surface area contributed by atoms with Crippen LogP contribution >= 0.6 is 0 Å². The molecule has 0 bridgehead atoms. The van der Waals surface area contributed by atoms with Crippen LogP contribution in [-0.4, -0.2) is 25.5 Å². The van der Waals surface area contributed by atoms with Gasteiger partial charge >= 0.3 is 0 Å². The molecule has 0 aliphatic rings. The minimum absolute atomic E-state index is 0.0784. The Hall–Kier alpha value is -2.37. The van der Waals surface area contributed by atoms with Gasteiger partial charge in [0.25, 0.3) is 0 Å². The molecular weight excluding hydrogens is 278 g/mol. The summed E-state index contributed by atoms with van der Waals surface area (Å²) < 4.78 is 3.66. The highest BCUT2D eigenvalue weighted by Crippen LogP contribution is 2.15.